The molecule has 0 aromatic heterocycles. The van der Waals surface area contributed by atoms with E-state index in [9.17, 15) is 9.90 Å². The van der Waals surface area contributed by atoms with E-state index in [2.05, 4.69) is 48.2 Å². The number of benzene rings is 2. The van der Waals surface area contributed by atoms with Crippen molar-refractivity contribution >= 4 is 17.7 Å². The van der Waals surface area contributed by atoms with Crippen LogP contribution in [-0.2, 0) is 11.3 Å². The lowest BCUT2D eigenvalue weighted by Gasteiger charge is -2.36. The Morgan fingerprint density at radius 3 is 2.42 bits per heavy atom. The molecule has 1 heterocycles. The molecule has 0 radical (unpaired) electrons. The standard InChI is InChI=1S/C20H23NO2S/c1-15-7-10-17(20(22)23)14-21(15)13-16-8-11-19(12-9-16)24-18-5-3-2-4-6-18/h2-6,8-9,11-12,15,17H,7,10,13-14H2,1H3,(H,22,23). The van der Waals surface area contributed by atoms with Gasteiger partial charge in [-0.1, -0.05) is 42.1 Å². The van der Waals surface area contributed by atoms with Crippen LogP contribution in [0.1, 0.15) is 25.3 Å². The number of hydrogen-bond acceptors (Lipinski definition) is 3. The highest BCUT2D eigenvalue weighted by molar-refractivity contribution is 7.99. The highest BCUT2D eigenvalue weighted by Crippen LogP contribution is 2.28. The van der Waals surface area contributed by atoms with Gasteiger partial charge in [-0.2, -0.15) is 0 Å². The number of carboxylic acid groups (broad SMARTS) is 1. The molecule has 0 bridgehead atoms. The molecule has 0 amide bonds. The number of likely N-dealkylation sites (tertiary alicyclic amines) is 1. The summed E-state index contributed by atoms with van der Waals surface area (Å²) in [6.07, 6.45) is 1.75. The molecule has 24 heavy (non-hydrogen) atoms. The van der Waals surface area contributed by atoms with Gasteiger partial charge in [-0.3, -0.25) is 9.69 Å². The van der Waals surface area contributed by atoms with Crippen LogP contribution in [0.4, 0.5) is 0 Å². The van der Waals surface area contributed by atoms with Crippen LogP contribution in [-0.4, -0.2) is 28.6 Å². The number of hydrogen-bond donors (Lipinski definition) is 1. The number of carbonyl (C=O) groups is 1. The van der Waals surface area contributed by atoms with Crippen LogP contribution in [0.25, 0.3) is 0 Å². The van der Waals surface area contributed by atoms with Gasteiger partial charge in [0.15, 0.2) is 0 Å². The summed E-state index contributed by atoms with van der Waals surface area (Å²) >= 11 is 1.76. The molecule has 0 spiro atoms. The van der Waals surface area contributed by atoms with Gasteiger partial charge in [0.25, 0.3) is 0 Å². The van der Waals surface area contributed by atoms with E-state index in [1.54, 1.807) is 11.8 Å². The van der Waals surface area contributed by atoms with Gasteiger partial charge >= 0.3 is 5.97 Å². The van der Waals surface area contributed by atoms with Crippen molar-refractivity contribution in [3.63, 3.8) is 0 Å². The topological polar surface area (TPSA) is 40.5 Å². The highest BCUT2D eigenvalue weighted by Gasteiger charge is 2.29. The molecule has 1 N–H and O–H groups in total. The van der Waals surface area contributed by atoms with E-state index in [1.165, 1.54) is 15.4 Å². The van der Waals surface area contributed by atoms with Crippen LogP contribution in [0.2, 0.25) is 0 Å². The summed E-state index contributed by atoms with van der Waals surface area (Å²) in [5, 5.41) is 9.26. The van der Waals surface area contributed by atoms with E-state index in [0.717, 1.165) is 19.4 Å². The highest BCUT2D eigenvalue weighted by atomic mass is 32.2. The van der Waals surface area contributed by atoms with Crippen molar-refractivity contribution in [1.29, 1.82) is 0 Å². The van der Waals surface area contributed by atoms with Gasteiger partial charge in [-0.15, -0.1) is 0 Å². The smallest absolute Gasteiger partial charge is 0.307 e. The minimum absolute atomic E-state index is 0.228. The van der Waals surface area contributed by atoms with Crippen molar-refractivity contribution in [2.24, 2.45) is 5.92 Å². The summed E-state index contributed by atoms with van der Waals surface area (Å²) in [6.45, 7) is 3.66. The zero-order valence-electron chi connectivity index (χ0n) is 13.9. The molecule has 126 valence electrons. The molecule has 0 saturated carbocycles. The van der Waals surface area contributed by atoms with Crippen molar-refractivity contribution in [1.82, 2.24) is 4.90 Å². The van der Waals surface area contributed by atoms with Gasteiger partial charge in [-0.25, -0.2) is 0 Å². The molecule has 3 nitrogen and oxygen atoms in total. The first kappa shape index (κ1) is 17.1. The van der Waals surface area contributed by atoms with Crippen LogP contribution in [0.5, 0.6) is 0 Å². The zero-order valence-corrected chi connectivity index (χ0v) is 14.7. The molecule has 0 aliphatic carbocycles. The second-order valence-electron chi connectivity index (χ2n) is 6.45. The Balaban J connectivity index is 1.62. The van der Waals surface area contributed by atoms with Gasteiger partial charge in [0.05, 0.1) is 5.92 Å². The number of carboxylic acids is 1. The Morgan fingerprint density at radius 1 is 1.08 bits per heavy atom. The summed E-state index contributed by atoms with van der Waals surface area (Å²) < 4.78 is 0. The van der Waals surface area contributed by atoms with Gasteiger partial charge in [0.2, 0.25) is 0 Å². The molecule has 2 unspecified atom stereocenters. The molecular weight excluding hydrogens is 318 g/mol. The van der Waals surface area contributed by atoms with Crippen molar-refractivity contribution in [2.75, 3.05) is 6.54 Å². The number of nitrogens with zero attached hydrogens (tertiary/aromatic N) is 1. The van der Waals surface area contributed by atoms with Crippen LogP contribution >= 0.6 is 11.8 Å². The number of piperidine rings is 1. The third kappa shape index (κ3) is 4.40. The summed E-state index contributed by atoms with van der Waals surface area (Å²) in [5.41, 5.74) is 1.24. The van der Waals surface area contributed by atoms with Crippen LogP contribution in [0.15, 0.2) is 64.4 Å². The third-order valence-corrected chi connectivity index (χ3v) is 5.66. The Bertz CT molecular complexity index is 672. The maximum absolute atomic E-state index is 11.2. The van der Waals surface area contributed by atoms with E-state index >= 15 is 0 Å². The molecule has 1 aliphatic rings. The Morgan fingerprint density at radius 2 is 1.75 bits per heavy atom. The minimum atomic E-state index is -0.665. The largest absolute Gasteiger partial charge is 0.481 e. The van der Waals surface area contributed by atoms with Crippen LogP contribution < -0.4 is 0 Å². The van der Waals surface area contributed by atoms with E-state index in [1.807, 2.05) is 18.2 Å². The predicted octanol–water partition coefficient (Wildman–Crippen LogP) is 4.52. The average molecular weight is 341 g/mol. The SMILES string of the molecule is CC1CCC(C(=O)O)CN1Cc1ccc(Sc2ccccc2)cc1. The van der Waals surface area contributed by atoms with E-state index in [-0.39, 0.29) is 5.92 Å². The Kier molecular flexibility index (Phi) is 5.59. The van der Waals surface area contributed by atoms with Crippen LogP contribution in [0.3, 0.4) is 0 Å². The average Bonchev–Trinajstić information content (AvgIpc) is 2.59. The summed E-state index contributed by atoms with van der Waals surface area (Å²) in [6, 6.07) is 19.4. The summed E-state index contributed by atoms with van der Waals surface area (Å²) in [4.78, 5) is 16.0. The minimum Gasteiger partial charge on any atom is -0.481 e. The second kappa shape index (κ2) is 7.86. The first-order chi connectivity index (χ1) is 11.6. The predicted molar refractivity (Wildman–Crippen MR) is 97.2 cm³/mol. The van der Waals surface area contributed by atoms with Crippen molar-refractivity contribution < 1.29 is 9.90 Å². The number of rotatable bonds is 5. The van der Waals surface area contributed by atoms with E-state index < -0.39 is 5.97 Å². The van der Waals surface area contributed by atoms with E-state index in [0.29, 0.717) is 12.6 Å². The van der Waals surface area contributed by atoms with Gasteiger partial charge in [-0.05, 0) is 49.6 Å². The van der Waals surface area contributed by atoms with Crippen molar-refractivity contribution in [3.8, 4) is 0 Å². The lowest BCUT2D eigenvalue weighted by Crippen LogP contribution is -2.43. The summed E-state index contributed by atoms with van der Waals surface area (Å²) in [7, 11) is 0. The maximum atomic E-state index is 11.2. The molecule has 2 aromatic carbocycles. The Hall–Kier alpha value is -1.78. The van der Waals surface area contributed by atoms with Gasteiger partial charge < -0.3 is 5.11 Å². The summed E-state index contributed by atoms with van der Waals surface area (Å²) in [5.74, 6) is -0.893. The van der Waals surface area contributed by atoms with Crippen LogP contribution in [0, 0.1) is 5.92 Å². The van der Waals surface area contributed by atoms with Gasteiger partial charge in [0.1, 0.15) is 0 Å². The molecule has 2 atom stereocenters. The molecule has 4 heteroatoms. The number of aliphatic carboxylic acids is 1. The first-order valence-corrected chi connectivity index (χ1v) is 9.22. The fraction of sp³-hybridized carbons (Fsp3) is 0.350. The molecular formula is C20H23NO2S. The molecule has 3 rings (SSSR count). The first-order valence-electron chi connectivity index (χ1n) is 8.40. The third-order valence-electron chi connectivity index (χ3n) is 4.65. The molecule has 1 aliphatic heterocycles. The maximum Gasteiger partial charge on any atom is 0.307 e. The fourth-order valence-corrected chi connectivity index (χ4v) is 3.96. The van der Waals surface area contributed by atoms with E-state index in [4.69, 9.17) is 0 Å². The monoisotopic (exact) mass is 341 g/mol. The normalized spacial score (nSPS) is 21.5. The van der Waals surface area contributed by atoms with Crippen molar-refractivity contribution in [3.05, 3.63) is 60.2 Å². The quantitative estimate of drug-likeness (QED) is 0.868. The molecule has 1 saturated heterocycles. The van der Waals surface area contributed by atoms with Gasteiger partial charge in [0, 0.05) is 28.9 Å². The molecule has 1 fully saturated rings. The van der Waals surface area contributed by atoms with Crippen molar-refractivity contribution in [2.45, 2.75) is 42.1 Å². The Labute approximate surface area is 147 Å². The second-order valence-corrected chi connectivity index (χ2v) is 7.60. The molecule has 2 aromatic rings. The fourth-order valence-electron chi connectivity index (χ4n) is 3.12. The lowest BCUT2D eigenvalue weighted by molar-refractivity contribution is -0.144. The zero-order chi connectivity index (χ0) is 16.9. The lowest BCUT2D eigenvalue weighted by atomic mass is 9.93.